The predicted molar refractivity (Wildman–Crippen MR) is 75.6 cm³/mol. The number of carbonyl (C=O) groups is 1. The van der Waals surface area contributed by atoms with E-state index in [2.05, 4.69) is 10.3 Å². The molecule has 20 heavy (non-hydrogen) atoms. The minimum atomic E-state index is -0.324. The fourth-order valence-corrected chi connectivity index (χ4v) is 2.78. The molecule has 1 aliphatic carbocycles. The Hall–Kier alpha value is -1.88. The van der Waals surface area contributed by atoms with E-state index in [1.807, 2.05) is 16.7 Å². The highest BCUT2D eigenvalue weighted by Crippen LogP contribution is 2.18. The summed E-state index contributed by atoms with van der Waals surface area (Å²) in [7, 11) is 1.39. The van der Waals surface area contributed by atoms with Gasteiger partial charge in [0, 0.05) is 18.8 Å². The van der Waals surface area contributed by atoms with Crippen LogP contribution in [0.25, 0.3) is 5.65 Å². The quantitative estimate of drug-likeness (QED) is 0.867. The second-order valence-electron chi connectivity index (χ2n) is 5.25. The minimum absolute atomic E-state index is 0.324. The molecule has 1 fully saturated rings. The summed E-state index contributed by atoms with van der Waals surface area (Å²) in [6.45, 7) is 0.774. The molecule has 0 radical (unpaired) electrons. The molecule has 0 aliphatic heterocycles. The third-order valence-corrected chi connectivity index (χ3v) is 3.93. The topological polar surface area (TPSA) is 55.6 Å². The summed E-state index contributed by atoms with van der Waals surface area (Å²) in [5.41, 5.74) is 2.46. The summed E-state index contributed by atoms with van der Waals surface area (Å²) in [5.74, 6) is -0.324. The number of rotatable bonds is 4. The number of methoxy groups -OCH3 is 1. The number of pyridine rings is 1. The average Bonchev–Trinajstić information content (AvgIpc) is 3.13. The van der Waals surface area contributed by atoms with E-state index < -0.39 is 0 Å². The zero-order valence-electron chi connectivity index (χ0n) is 11.6. The van der Waals surface area contributed by atoms with Crippen molar-refractivity contribution in [2.24, 2.45) is 0 Å². The minimum Gasteiger partial charge on any atom is -0.465 e. The van der Waals surface area contributed by atoms with Crippen molar-refractivity contribution in [2.45, 2.75) is 38.3 Å². The molecule has 0 amide bonds. The van der Waals surface area contributed by atoms with Gasteiger partial charge in [-0.3, -0.25) is 0 Å². The molecule has 5 nitrogen and oxygen atoms in total. The van der Waals surface area contributed by atoms with Crippen molar-refractivity contribution in [3.05, 3.63) is 35.8 Å². The molecule has 1 saturated carbocycles. The van der Waals surface area contributed by atoms with Crippen LogP contribution in [0.4, 0.5) is 0 Å². The smallest absolute Gasteiger partial charge is 0.339 e. The van der Waals surface area contributed by atoms with E-state index in [0.717, 1.165) is 17.9 Å². The van der Waals surface area contributed by atoms with Crippen molar-refractivity contribution in [2.75, 3.05) is 7.11 Å². The summed E-state index contributed by atoms with van der Waals surface area (Å²) >= 11 is 0. The number of imidazole rings is 1. The van der Waals surface area contributed by atoms with E-state index in [0.29, 0.717) is 11.6 Å². The van der Waals surface area contributed by atoms with Crippen LogP contribution in [-0.4, -0.2) is 28.5 Å². The number of aromatic nitrogens is 2. The Kier molecular flexibility index (Phi) is 3.69. The van der Waals surface area contributed by atoms with Gasteiger partial charge in [-0.05, 0) is 25.0 Å². The Bertz CT molecular complexity index is 615. The highest BCUT2D eigenvalue weighted by molar-refractivity contribution is 5.89. The van der Waals surface area contributed by atoms with E-state index in [1.54, 1.807) is 12.3 Å². The van der Waals surface area contributed by atoms with Gasteiger partial charge < -0.3 is 14.5 Å². The van der Waals surface area contributed by atoms with Gasteiger partial charge in [-0.25, -0.2) is 9.78 Å². The van der Waals surface area contributed by atoms with Gasteiger partial charge in [0.25, 0.3) is 0 Å². The lowest BCUT2D eigenvalue weighted by Crippen LogP contribution is -2.25. The van der Waals surface area contributed by atoms with E-state index in [1.165, 1.54) is 32.8 Å². The van der Waals surface area contributed by atoms with Crippen LogP contribution >= 0.6 is 0 Å². The van der Waals surface area contributed by atoms with Crippen LogP contribution in [0, 0.1) is 0 Å². The molecule has 3 rings (SSSR count). The Morgan fingerprint density at radius 2 is 2.25 bits per heavy atom. The lowest BCUT2D eigenvalue weighted by Gasteiger charge is -2.11. The van der Waals surface area contributed by atoms with E-state index in [4.69, 9.17) is 4.74 Å². The summed E-state index contributed by atoms with van der Waals surface area (Å²) < 4.78 is 6.71. The largest absolute Gasteiger partial charge is 0.465 e. The first-order valence-electron chi connectivity index (χ1n) is 7.05. The van der Waals surface area contributed by atoms with Gasteiger partial charge in [-0.1, -0.05) is 12.8 Å². The van der Waals surface area contributed by atoms with Crippen LogP contribution in [-0.2, 0) is 11.3 Å². The van der Waals surface area contributed by atoms with Crippen LogP contribution in [0.15, 0.2) is 24.5 Å². The number of carbonyl (C=O) groups excluding carboxylic acids is 1. The first-order valence-corrected chi connectivity index (χ1v) is 7.05. The molecule has 0 bridgehead atoms. The predicted octanol–water partition coefficient (Wildman–Crippen LogP) is 2.15. The van der Waals surface area contributed by atoms with Crippen LogP contribution in [0.2, 0.25) is 0 Å². The number of nitrogens with zero attached hydrogens (tertiary/aromatic N) is 2. The molecule has 1 aliphatic rings. The maximum atomic E-state index is 11.6. The molecule has 0 unspecified atom stereocenters. The van der Waals surface area contributed by atoms with Gasteiger partial charge in [0.2, 0.25) is 0 Å². The average molecular weight is 273 g/mol. The molecule has 0 atom stereocenters. The number of ether oxygens (including phenoxy) is 1. The van der Waals surface area contributed by atoms with E-state index in [9.17, 15) is 4.79 Å². The molecule has 1 N–H and O–H groups in total. The van der Waals surface area contributed by atoms with Crippen molar-refractivity contribution in [3.63, 3.8) is 0 Å². The fourth-order valence-electron chi connectivity index (χ4n) is 2.78. The van der Waals surface area contributed by atoms with Gasteiger partial charge in [-0.15, -0.1) is 0 Å². The van der Waals surface area contributed by atoms with Crippen molar-refractivity contribution in [3.8, 4) is 0 Å². The lowest BCUT2D eigenvalue weighted by molar-refractivity contribution is 0.0600. The molecular weight excluding hydrogens is 254 g/mol. The van der Waals surface area contributed by atoms with Gasteiger partial charge in [0.05, 0.1) is 24.6 Å². The number of esters is 1. The highest BCUT2D eigenvalue weighted by Gasteiger charge is 2.15. The number of hydrogen-bond donors (Lipinski definition) is 1. The summed E-state index contributed by atoms with van der Waals surface area (Å²) in [6, 6.07) is 4.19. The van der Waals surface area contributed by atoms with E-state index >= 15 is 0 Å². The lowest BCUT2D eigenvalue weighted by atomic mass is 10.2. The monoisotopic (exact) mass is 273 g/mol. The normalized spacial score (nSPS) is 15.8. The van der Waals surface area contributed by atoms with Gasteiger partial charge >= 0.3 is 5.97 Å². The van der Waals surface area contributed by atoms with Gasteiger partial charge in [0.1, 0.15) is 5.65 Å². The molecule has 5 heteroatoms. The number of hydrogen-bond acceptors (Lipinski definition) is 4. The SMILES string of the molecule is COC(=O)c1ccc2ncc(CNC3CCCC3)n2c1. The van der Waals surface area contributed by atoms with E-state index in [-0.39, 0.29) is 5.97 Å². The van der Waals surface area contributed by atoms with Crippen molar-refractivity contribution < 1.29 is 9.53 Å². The molecule has 0 spiro atoms. The highest BCUT2D eigenvalue weighted by atomic mass is 16.5. The number of fused-ring (bicyclic) bond motifs is 1. The Morgan fingerprint density at radius 1 is 1.45 bits per heavy atom. The second-order valence-corrected chi connectivity index (χ2v) is 5.25. The Balaban J connectivity index is 1.81. The molecular formula is C15H19N3O2. The second kappa shape index (κ2) is 5.63. The third kappa shape index (κ3) is 2.54. The Morgan fingerprint density at radius 3 is 3.00 bits per heavy atom. The fraction of sp³-hybridized carbons (Fsp3) is 0.467. The van der Waals surface area contributed by atoms with Crippen LogP contribution in [0.3, 0.4) is 0 Å². The molecule has 106 valence electrons. The zero-order chi connectivity index (χ0) is 13.9. The molecule has 2 aromatic heterocycles. The zero-order valence-corrected chi connectivity index (χ0v) is 11.6. The molecule has 0 aromatic carbocycles. The first kappa shape index (κ1) is 13.1. The Labute approximate surface area is 118 Å². The summed E-state index contributed by atoms with van der Waals surface area (Å²) in [4.78, 5) is 15.9. The number of nitrogens with one attached hydrogen (secondary N) is 1. The van der Waals surface area contributed by atoms with Crippen molar-refractivity contribution in [1.82, 2.24) is 14.7 Å². The maximum absolute atomic E-state index is 11.6. The van der Waals surface area contributed by atoms with Crippen molar-refractivity contribution >= 4 is 11.6 Å². The first-order chi connectivity index (χ1) is 9.78. The standard InChI is InChI=1S/C15H19N3O2/c1-20-15(19)11-6-7-14-17-9-13(18(14)10-11)8-16-12-4-2-3-5-12/h6-7,9-10,12,16H,2-5,8H2,1H3. The van der Waals surface area contributed by atoms with Crippen LogP contribution in [0.1, 0.15) is 41.7 Å². The van der Waals surface area contributed by atoms with Crippen molar-refractivity contribution in [1.29, 1.82) is 0 Å². The van der Waals surface area contributed by atoms with Crippen LogP contribution in [0.5, 0.6) is 0 Å². The summed E-state index contributed by atoms with van der Waals surface area (Å²) in [6.07, 6.45) is 8.79. The summed E-state index contributed by atoms with van der Waals surface area (Å²) in [5, 5.41) is 3.56. The molecule has 0 saturated heterocycles. The van der Waals surface area contributed by atoms with Crippen LogP contribution < -0.4 is 5.32 Å². The molecule has 2 aromatic rings. The maximum Gasteiger partial charge on any atom is 0.339 e. The van der Waals surface area contributed by atoms with Gasteiger partial charge in [0.15, 0.2) is 0 Å². The van der Waals surface area contributed by atoms with Gasteiger partial charge in [-0.2, -0.15) is 0 Å². The molecule has 2 heterocycles. The third-order valence-electron chi connectivity index (χ3n) is 3.93.